The fourth-order valence-electron chi connectivity index (χ4n) is 2.15. The van der Waals surface area contributed by atoms with Crippen molar-refractivity contribution in [2.24, 2.45) is 0 Å². The maximum Gasteiger partial charge on any atom is 0.258 e. The molecule has 3 N–H and O–H groups in total. The summed E-state index contributed by atoms with van der Waals surface area (Å²) >= 11 is 6.03. The summed E-state index contributed by atoms with van der Waals surface area (Å²) in [4.78, 5) is 15.8. The number of benzene rings is 2. The van der Waals surface area contributed by atoms with Crippen molar-refractivity contribution >= 4 is 33.5 Å². The van der Waals surface area contributed by atoms with Crippen LogP contribution in [0.3, 0.4) is 0 Å². The molecule has 2 aromatic carbocycles. The number of nitrogens with one attached hydrogen (secondary N) is 3. The van der Waals surface area contributed by atoms with Crippen molar-refractivity contribution in [2.75, 3.05) is 5.32 Å². The zero-order valence-corrected chi connectivity index (χ0v) is 14.9. The van der Waals surface area contributed by atoms with Gasteiger partial charge in [0.1, 0.15) is 11.2 Å². The van der Waals surface area contributed by atoms with E-state index in [-0.39, 0.29) is 28.0 Å². The highest BCUT2D eigenvalue weighted by molar-refractivity contribution is 7.89. The molecule has 26 heavy (non-hydrogen) atoms. The molecule has 1 amide bonds. The number of nitrogens with zero attached hydrogens (tertiary/aromatic N) is 2. The van der Waals surface area contributed by atoms with Gasteiger partial charge in [-0.1, -0.05) is 41.9 Å². The van der Waals surface area contributed by atoms with Crippen LogP contribution in [0.5, 0.6) is 0 Å². The summed E-state index contributed by atoms with van der Waals surface area (Å²) in [5.74, 6) is -0.394. The minimum Gasteiger partial charge on any atom is -0.291 e. The second-order valence-electron chi connectivity index (χ2n) is 5.24. The highest BCUT2D eigenvalue weighted by Crippen LogP contribution is 2.23. The molecule has 0 saturated heterocycles. The van der Waals surface area contributed by atoms with Crippen LogP contribution in [0.4, 0.5) is 5.95 Å². The van der Waals surface area contributed by atoms with Gasteiger partial charge < -0.3 is 0 Å². The number of carbonyl (C=O) groups excluding carboxylic acids is 1. The molecule has 134 valence electrons. The molecule has 0 fully saturated rings. The van der Waals surface area contributed by atoms with Crippen LogP contribution in [-0.2, 0) is 16.6 Å². The van der Waals surface area contributed by atoms with Crippen LogP contribution in [0.15, 0.2) is 59.8 Å². The van der Waals surface area contributed by atoms with Gasteiger partial charge in [-0.3, -0.25) is 10.1 Å². The molecule has 0 unspecified atom stereocenters. The van der Waals surface area contributed by atoms with Crippen molar-refractivity contribution in [1.29, 1.82) is 0 Å². The van der Waals surface area contributed by atoms with Gasteiger partial charge in [0.25, 0.3) is 5.91 Å². The quantitative estimate of drug-likeness (QED) is 0.595. The molecule has 3 aromatic rings. The predicted octanol–water partition coefficient (Wildman–Crippen LogP) is 2.19. The smallest absolute Gasteiger partial charge is 0.258 e. The van der Waals surface area contributed by atoms with Crippen molar-refractivity contribution in [3.63, 3.8) is 0 Å². The Hall–Kier alpha value is -2.75. The van der Waals surface area contributed by atoms with Gasteiger partial charge in [-0.05, 0) is 23.8 Å². The third kappa shape index (κ3) is 4.26. The monoisotopic (exact) mass is 391 g/mol. The van der Waals surface area contributed by atoms with E-state index in [0.717, 1.165) is 5.56 Å². The van der Waals surface area contributed by atoms with E-state index in [1.807, 2.05) is 18.2 Å². The number of rotatable bonds is 6. The molecule has 1 heterocycles. The lowest BCUT2D eigenvalue weighted by Gasteiger charge is -2.10. The first-order valence-corrected chi connectivity index (χ1v) is 9.32. The fraction of sp³-hybridized carbons (Fsp3) is 0.0625. The van der Waals surface area contributed by atoms with Crippen molar-refractivity contribution < 1.29 is 13.2 Å². The predicted molar refractivity (Wildman–Crippen MR) is 96.3 cm³/mol. The number of aromatic amines is 1. The van der Waals surface area contributed by atoms with Crippen molar-refractivity contribution in [2.45, 2.75) is 11.4 Å². The summed E-state index contributed by atoms with van der Waals surface area (Å²) < 4.78 is 27.6. The van der Waals surface area contributed by atoms with E-state index in [9.17, 15) is 13.2 Å². The average Bonchev–Trinajstić information content (AvgIpc) is 3.14. The Balaban J connectivity index is 1.81. The van der Waals surface area contributed by atoms with E-state index in [4.69, 9.17) is 11.6 Å². The van der Waals surface area contributed by atoms with E-state index < -0.39 is 15.9 Å². The molecule has 3 rings (SSSR count). The molecule has 0 atom stereocenters. The topological polar surface area (TPSA) is 117 Å². The molecule has 0 aliphatic rings. The second kappa shape index (κ2) is 7.65. The Bertz CT molecular complexity index is 1010. The molecule has 0 aliphatic heterocycles. The third-order valence-electron chi connectivity index (χ3n) is 3.44. The van der Waals surface area contributed by atoms with Crippen LogP contribution in [0.2, 0.25) is 5.02 Å². The minimum absolute atomic E-state index is 0.0155. The van der Waals surface area contributed by atoms with Crippen molar-refractivity contribution in [3.05, 3.63) is 71.0 Å². The van der Waals surface area contributed by atoms with Gasteiger partial charge >= 0.3 is 0 Å². The normalized spacial score (nSPS) is 11.3. The van der Waals surface area contributed by atoms with Gasteiger partial charge in [-0.2, -0.15) is 10.1 Å². The molecule has 0 bridgehead atoms. The van der Waals surface area contributed by atoms with Gasteiger partial charge in [0.2, 0.25) is 16.0 Å². The zero-order chi connectivity index (χ0) is 18.6. The Kier molecular flexibility index (Phi) is 5.31. The molecule has 0 spiro atoms. The number of aromatic nitrogens is 3. The number of sulfonamides is 1. The zero-order valence-electron chi connectivity index (χ0n) is 13.3. The summed E-state index contributed by atoms with van der Waals surface area (Å²) in [6, 6.07) is 13.0. The van der Waals surface area contributed by atoms with Crippen LogP contribution in [0.1, 0.15) is 15.9 Å². The van der Waals surface area contributed by atoms with E-state index in [1.54, 1.807) is 12.1 Å². The first kappa shape index (κ1) is 18.1. The van der Waals surface area contributed by atoms with Gasteiger partial charge in [0, 0.05) is 12.1 Å². The Morgan fingerprint density at radius 1 is 1.15 bits per heavy atom. The van der Waals surface area contributed by atoms with Crippen molar-refractivity contribution in [3.8, 4) is 0 Å². The number of amides is 1. The first-order chi connectivity index (χ1) is 12.5. The second-order valence-corrected chi connectivity index (χ2v) is 7.39. The largest absolute Gasteiger partial charge is 0.291 e. The summed E-state index contributed by atoms with van der Waals surface area (Å²) in [6.07, 6.45) is 1.24. The van der Waals surface area contributed by atoms with E-state index >= 15 is 0 Å². The fourth-order valence-corrected chi connectivity index (χ4v) is 3.69. The van der Waals surface area contributed by atoms with E-state index in [1.165, 1.54) is 24.5 Å². The van der Waals surface area contributed by atoms with Crippen LogP contribution in [0, 0.1) is 0 Å². The SMILES string of the molecule is O=C(Nc1ncn[nH]1)c1ccc(Cl)c(S(=O)(=O)NCc2ccccc2)c1. The summed E-state index contributed by atoms with van der Waals surface area (Å²) in [7, 11) is -3.90. The van der Waals surface area contributed by atoms with Gasteiger partial charge in [-0.25, -0.2) is 18.2 Å². The van der Waals surface area contributed by atoms with Gasteiger partial charge in [-0.15, -0.1) is 0 Å². The highest BCUT2D eigenvalue weighted by atomic mass is 35.5. The number of anilines is 1. The maximum atomic E-state index is 12.6. The maximum absolute atomic E-state index is 12.6. The number of carbonyl (C=O) groups is 1. The molecule has 10 heteroatoms. The lowest BCUT2D eigenvalue weighted by Crippen LogP contribution is -2.24. The standard InChI is InChI=1S/C16H14ClN5O3S/c17-13-7-6-12(15(23)21-16-18-10-19-22-16)8-14(13)26(24,25)20-9-11-4-2-1-3-5-11/h1-8,10,20H,9H2,(H2,18,19,21,22,23). The van der Waals surface area contributed by atoms with Crippen molar-refractivity contribution in [1.82, 2.24) is 19.9 Å². The van der Waals surface area contributed by atoms with Crippen LogP contribution < -0.4 is 10.0 Å². The molecular weight excluding hydrogens is 378 g/mol. The number of hydrogen-bond donors (Lipinski definition) is 3. The third-order valence-corrected chi connectivity index (χ3v) is 5.32. The Labute approximate surface area is 154 Å². The molecule has 1 aromatic heterocycles. The Morgan fingerprint density at radius 2 is 1.92 bits per heavy atom. The summed E-state index contributed by atoms with van der Waals surface area (Å²) in [5, 5.41) is 8.58. The van der Waals surface area contributed by atoms with Crippen LogP contribution in [0.25, 0.3) is 0 Å². The lowest BCUT2D eigenvalue weighted by molar-refractivity contribution is 0.102. The number of H-pyrrole nitrogens is 1. The van der Waals surface area contributed by atoms with Gasteiger partial charge in [0.15, 0.2) is 0 Å². The van der Waals surface area contributed by atoms with E-state index in [0.29, 0.717) is 0 Å². The number of halogens is 1. The summed E-state index contributed by atoms with van der Waals surface area (Å²) in [5.41, 5.74) is 0.914. The van der Waals surface area contributed by atoms with E-state index in [2.05, 4.69) is 25.2 Å². The average molecular weight is 392 g/mol. The highest BCUT2D eigenvalue weighted by Gasteiger charge is 2.20. The molecule has 0 saturated carbocycles. The van der Waals surface area contributed by atoms with Crippen LogP contribution >= 0.6 is 11.6 Å². The molecule has 0 radical (unpaired) electrons. The summed E-state index contributed by atoms with van der Waals surface area (Å²) in [6.45, 7) is 0.105. The minimum atomic E-state index is -3.90. The molecule has 0 aliphatic carbocycles. The van der Waals surface area contributed by atoms with Gasteiger partial charge in [0.05, 0.1) is 5.02 Å². The lowest BCUT2D eigenvalue weighted by atomic mass is 10.2. The molecule has 8 nitrogen and oxygen atoms in total. The number of hydrogen-bond acceptors (Lipinski definition) is 5. The molecular formula is C16H14ClN5O3S. The Morgan fingerprint density at radius 3 is 2.62 bits per heavy atom. The first-order valence-electron chi connectivity index (χ1n) is 7.45. The van der Waals surface area contributed by atoms with Crippen LogP contribution in [-0.4, -0.2) is 29.5 Å².